The Morgan fingerprint density at radius 2 is 2.00 bits per heavy atom. The fourth-order valence-electron chi connectivity index (χ4n) is 1.61. The van der Waals surface area contributed by atoms with Crippen molar-refractivity contribution in [3.8, 4) is 0 Å². The van der Waals surface area contributed by atoms with E-state index >= 15 is 0 Å². The standard InChI is InChI=1S/C12H20N2O/c1-9(2)7-14-8-11(6-10(3)13)4-5-12(14)15/h4-5,8-10H,6-7,13H2,1-3H3. The van der Waals surface area contributed by atoms with Crippen LogP contribution < -0.4 is 11.3 Å². The molecule has 0 aromatic carbocycles. The highest BCUT2D eigenvalue weighted by atomic mass is 16.1. The zero-order valence-corrected chi connectivity index (χ0v) is 9.73. The molecule has 2 N–H and O–H groups in total. The first-order chi connectivity index (χ1) is 6.99. The van der Waals surface area contributed by atoms with Crippen molar-refractivity contribution in [3.05, 3.63) is 34.2 Å². The summed E-state index contributed by atoms with van der Waals surface area (Å²) >= 11 is 0. The highest BCUT2D eigenvalue weighted by molar-refractivity contribution is 5.11. The van der Waals surface area contributed by atoms with E-state index in [4.69, 9.17) is 5.73 Å². The van der Waals surface area contributed by atoms with Crippen LogP contribution in [0.3, 0.4) is 0 Å². The van der Waals surface area contributed by atoms with E-state index in [0.717, 1.165) is 18.5 Å². The summed E-state index contributed by atoms with van der Waals surface area (Å²) < 4.78 is 1.77. The van der Waals surface area contributed by atoms with Gasteiger partial charge in [0.25, 0.3) is 5.56 Å². The van der Waals surface area contributed by atoms with Crippen LogP contribution in [0.5, 0.6) is 0 Å². The van der Waals surface area contributed by atoms with Gasteiger partial charge in [-0.2, -0.15) is 0 Å². The molecule has 0 aliphatic heterocycles. The predicted molar refractivity (Wildman–Crippen MR) is 62.9 cm³/mol. The lowest BCUT2D eigenvalue weighted by atomic mass is 10.1. The Kier molecular flexibility index (Phi) is 4.09. The van der Waals surface area contributed by atoms with Crippen LogP contribution >= 0.6 is 0 Å². The molecule has 0 amide bonds. The quantitative estimate of drug-likeness (QED) is 0.813. The lowest BCUT2D eigenvalue weighted by Gasteiger charge is -2.11. The van der Waals surface area contributed by atoms with Crippen molar-refractivity contribution in [2.75, 3.05) is 0 Å². The summed E-state index contributed by atoms with van der Waals surface area (Å²) in [5.74, 6) is 0.480. The molecule has 1 heterocycles. The van der Waals surface area contributed by atoms with Gasteiger partial charge in [0.05, 0.1) is 0 Å². The maximum atomic E-state index is 11.5. The smallest absolute Gasteiger partial charge is 0.250 e. The molecule has 0 radical (unpaired) electrons. The lowest BCUT2D eigenvalue weighted by Crippen LogP contribution is -2.24. The second-order valence-electron chi connectivity index (χ2n) is 4.60. The van der Waals surface area contributed by atoms with Gasteiger partial charge in [-0.25, -0.2) is 0 Å². The molecule has 0 bridgehead atoms. The molecule has 1 rings (SSSR count). The largest absolute Gasteiger partial charge is 0.328 e. The first-order valence-electron chi connectivity index (χ1n) is 5.44. The third-order valence-corrected chi connectivity index (χ3v) is 2.16. The number of hydrogen-bond donors (Lipinski definition) is 1. The van der Waals surface area contributed by atoms with Crippen molar-refractivity contribution in [1.29, 1.82) is 0 Å². The van der Waals surface area contributed by atoms with Gasteiger partial charge in [0.15, 0.2) is 0 Å². The fourth-order valence-corrected chi connectivity index (χ4v) is 1.61. The van der Waals surface area contributed by atoms with E-state index in [1.165, 1.54) is 0 Å². The minimum absolute atomic E-state index is 0.0668. The molecule has 1 unspecified atom stereocenters. The van der Waals surface area contributed by atoms with E-state index in [-0.39, 0.29) is 11.6 Å². The Morgan fingerprint density at radius 3 is 2.53 bits per heavy atom. The number of rotatable bonds is 4. The van der Waals surface area contributed by atoms with Crippen LogP contribution in [0.15, 0.2) is 23.1 Å². The highest BCUT2D eigenvalue weighted by Crippen LogP contribution is 2.02. The number of nitrogens with zero attached hydrogens (tertiary/aromatic N) is 1. The van der Waals surface area contributed by atoms with E-state index < -0.39 is 0 Å². The average molecular weight is 208 g/mol. The van der Waals surface area contributed by atoms with Crippen LogP contribution in [0.2, 0.25) is 0 Å². The van der Waals surface area contributed by atoms with Crippen LogP contribution in [0, 0.1) is 5.92 Å². The van der Waals surface area contributed by atoms with Crippen LogP contribution in [-0.2, 0) is 13.0 Å². The van der Waals surface area contributed by atoms with Crippen molar-refractivity contribution in [2.45, 2.75) is 39.8 Å². The van der Waals surface area contributed by atoms with Crippen LogP contribution in [0.4, 0.5) is 0 Å². The Balaban J connectivity index is 2.90. The van der Waals surface area contributed by atoms with Gasteiger partial charge >= 0.3 is 0 Å². The van der Waals surface area contributed by atoms with Crippen molar-refractivity contribution in [2.24, 2.45) is 11.7 Å². The van der Waals surface area contributed by atoms with Gasteiger partial charge in [-0.1, -0.05) is 19.9 Å². The minimum Gasteiger partial charge on any atom is -0.328 e. The highest BCUT2D eigenvalue weighted by Gasteiger charge is 2.03. The van der Waals surface area contributed by atoms with E-state index in [9.17, 15) is 4.79 Å². The Hall–Kier alpha value is -1.09. The molecule has 1 atom stereocenters. The molecule has 0 saturated carbocycles. The maximum Gasteiger partial charge on any atom is 0.250 e. The topological polar surface area (TPSA) is 48.0 Å². The average Bonchev–Trinajstić information content (AvgIpc) is 2.09. The molecule has 0 aliphatic carbocycles. The third kappa shape index (κ3) is 3.88. The lowest BCUT2D eigenvalue weighted by molar-refractivity contribution is 0.508. The molecule has 0 aliphatic rings. The molecule has 0 spiro atoms. The zero-order valence-electron chi connectivity index (χ0n) is 9.73. The molecular weight excluding hydrogens is 188 g/mol. The predicted octanol–water partition coefficient (Wildman–Crippen LogP) is 1.39. The van der Waals surface area contributed by atoms with Gasteiger partial charge < -0.3 is 10.3 Å². The third-order valence-electron chi connectivity index (χ3n) is 2.16. The number of hydrogen-bond acceptors (Lipinski definition) is 2. The van der Waals surface area contributed by atoms with Crippen molar-refractivity contribution in [3.63, 3.8) is 0 Å². The number of nitrogens with two attached hydrogens (primary N) is 1. The summed E-state index contributed by atoms with van der Waals surface area (Å²) in [5.41, 5.74) is 6.92. The van der Waals surface area contributed by atoms with E-state index in [2.05, 4.69) is 13.8 Å². The summed E-state index contributed by atoms with van der Waals surface area (Å²) in [6, 6.07) is 3.62. The van der Waals surface area contributed by atoms with Gasteiger partial charge in [-0.05, 0) is 24.8 Å². The van der Waals surface area contributed by atoms with Gasteiger partial charge in [-0.3, -0.25) is 4.79 Å². The van der Waals surface area contributed by atoms with Gasteiger partial charge in [0.2, 0.25) is 0 Å². The number of pyridine rings is 1. The zero-order chi connectivity index (χ0) is 11.4. The van der Waals surface area contributed by atoms with Crippen molar-refractivity contribution < 1.29 is 0 Å². The second-order valence-corrected chi connectivity index (χ2v) is 4.60. The first-order valence-corrected chi connectivity index (χ1v) is 5.44. The molecule has 1 aromatic rings. The molecule has 1 aromatic heterocycles. The molecule has 0 fully saturated rings. The molecule has 3 heteroatoms. The normalized spacial score (nSPS) is 13.1. The van der Waals surface area contributed by atoms with Gasteiger partial charge in [-0.15, -0.1) is 0 Å². The molecular formula is C12H20N2O. The minimum atomic E-state index is 0.0668. The summed E-state index contributed by atoms with van der Waals surface area (Å²) in [6.07, 6.45) is 2.74. The van der Waals surface area contributed by atoms with Gasteiger partial charge in [0, 0.05) is 24.8 Å². The van der Waals surface area contributed by atoms with Crippen LogP contribution in [0.25, 0.3) is 0 Å². The first kappa shape index (κ1) is 12.0. The van der Waals surface area contributed by atoms with Crippen LogP contribution in [-0.4, -0.2) is 10.6 Å². The Labute approximate surface area is 90.9 Å². The summed E-state index contributed by atoms with van der Waals surface area (Å²) in [6.45, 7) is 6.94. The van der Waals surface area contributed by atoms with Crippen LogP contribution in [0.1, 0.15) is 26.3 Å². The van der Waals surface area contributed by atoms with Crippen molar-refractivity contribution in [1.82, 2.24) is 4.57 Å². The monoisotopic (exact) mass is 208 g/mol. The molecule has 0 saturated heterocycles. The van der Waals surface area contributed by atoms with E-state index in [1.807, 2.05) is 19.2 Å². The summed E-state index contributed by atoms with van der Waals surface area (Å²) in [7, 11) is 0. The summed E-state index contributed by atoms with van der Waals surface area (Å²) in [5, 5.41) is 0. The summed E-state index contributed by atoms with van der Waals surface area (Å²) in [4.78, 5) is 11.5. The number of aromatic nitrogens is 1. The fraction of sp³-hybridized carbons (Fsp3) is 0.583. The Bertz CT molecular complexity index is 366. The molecule has 84 valence electrons. The second kappa shape index (κ2) is 5.12. The maximum absolute atomic E-state index is 11.5. The van der Waals surface area contributed by atoms with E-state index in [0.29, 0.717) is 5.92 Å². The van der Waals surface area contributed by atoms with Gasteiger partial charge in [0.1, 0.15) is 0 Å². The Morgan fingerprint density at radius 1 is 1.33 bits per heavy atom. The van der Waals surface area contributed by atoms with E-state index in [1.54, 1.807) is 10.6 Å². The molecule has 15 heavy (non-hydrogen) atoms. The SMILES string of the molecule is CC(C)Cn1cc(CC(C)N)ccc1=O. The van der Waals surface area contributed by atoms with Crippen molar-refractivity contribution >= 4 is 0 Å². The molecule has 3 nitrogen and oxygen atoms in total.